The summed E-state index contributed by atoms with van der Waals surface area (Å²) in [6.45, 7) is 11.7. The molecule has 2 aliphatic carbocycles. The summed E-state index contributed by atoms with van der Waals surface area (Å²) in [5.41, 5.74) is 10.6. The Hall–Kier alpha value is -1.96. The van der Waals surface area contributed by atoms with Crippen molar-refractivity contribution < 1.29 is 14.1 Å². The van der Waals surface area contributed by atoms with Crippen molar-refractivity contribution in [2.75, 3.05) is 0 Å². The molecule has 0 spiro atoms. The van der Waals surface area contributed by atoms with Gasteiger partial charge in [-0.15, -0.1) is 0 Å². The SMILES string of the molecule is CCCCCCC1=Cc2c(-c3ccc(C(C)C)cc3)cccc2[CH]1[Zr]([Cl])([Cl])([c]1ccccc1)([CH]1C=Cc2ccccc21)[SiH](C)C. The van der Waals surface area contributed by atoms with E-state index in [9.17, 15) is 0 Å². The number of unbranched alkanes of at least 4 members (excludes halogenated alkanes) is 3. The Morgan fingerprint density at radius 3 is 2.13 bits per heavy atom. The van der Waals surface area contributed by atoms with E-state index < -0.39 is 20.0 Å². The van der Waals surface area contributed by atoms with Crippen LogP contribution >= 0.6 is 17.0 Å². The second kappa shape index (κ2) is 12.2. The van der Waals surface area contributed by atoms with Crippen LogP contribution in [0.5, 0.6) is 0 Å². The Morgan fingerprint density at radius 2 is 1.44 bits per heavy atom. The van der Waals surface area contributed by atoms with Crippen molar-refractivity contribution in [2.45, 2.75) is 79.1 Å². The number of rotatable bonds is 11. The van der Waals surface area contributed by atoms with Gasteiger partial charge in [0.05, 0.1) is 0 Å². The Morgan fingerprint density at radius 1 is 0.756 bits per heavy atom. The standard InChI is InChI=1S/C24H29.C9H7.C6H5.C2H7Si.2ClH.Zr/c1-4-5-6-7-9-19-16-22-10-8-11-23(24(22)17-19)21-14-12-20(13-15-21)18(2)3;1-2-5-9-7-3-6-8(9)4-1;1-2-4-6-5-3-1;1-3-2;;;/h8,10-18H,4-7,9H2,1-3H3;1-7H;1-5H;3H,1-2H3;2*1H;/q;;;;;;+2/p-2. The Kier molecular flexibility index (Phi) is 8.97. The van der Waals surface area contributed by atoms with Crippen LogP contribution in [-0.4, -0.2) is 5.92 Å². The molecule has 4 aromatic carbocycles. The van der Waals surface area contributed by atoms with E-state index in [1.54, 1.807) is 0 Å². The van der Waals surface area contributed by atoms with E-state index in [0.717, 1.165) is 12.8 Å². The molecule has 0 nitrogen and oxygen atoms in total. The van der Waals surface area contributed by atoms with Crippen LogP contribution in [0.2, 0.25) is 13.1 Å². The van der Waals surface area contributed by atoms with Gasteiger partial charge in [-0.3, -0.25) is 0 Å². The summed E-state index contributed by atoms with van der Waals surface area (Å²) >= 11 is -5.77. The normalized spacial score (nSPS) is 18.9. The Balaban J connectivity index is 1.66. The first-order valence-corrected chi connectivity index (χ1v) is 34.6. The van der Waals surface area contributed by atoms with Gasteiger partial charge in [0.2, 0.25) is 0 Å². The number of hydrogen-bond acceptors (Lipinski definition) is 0. The van der Waals surface area contributed by atoms with Crippen LogP contribution in [0.4, 0.5) is 0 Å². The first-order chi connectivity index (χ1) is 21.6. The van der Waals surface area contributed by atoms with Crippen LogP contribution in [0, 0.1) is 0 Å². The number of benzene rings is 4. The van der Waals surface area contributed by atoms with Gasteiger partial charge in [-0.05, 0) is 0 Å². The molecule has 4 aromatic rings. The second-order valence-corrected chi connectivity index (χ2v) is 65.4. The van der Waals surface area contributed by atoms with Crippen LogP contribution < -0.4 is 3.27 Å². The summed E-state index contributed by atoms with van der Waals surface area (Å²) in [5, 5.41) is 0. The van der Waals surface area contributed by atoms with Crippen LogP contribution in [-0.2, 0) is 14.1 Å². The van der Waals surface area contributed by atoms with E-state index in [1.165, 1.54) is 67.1 Å². The Labute approximate surface area is 277 Å². The molecule has 0 amide bonds. The summed E-state index contributed by atoms with van der Waals surface area (Å²) in [4.78, 5) is 0. The zero-order chi connectivity index (χ0) is 31.9. The summed E-state index contributed by atoms with van der Waals surface area (Å²) in [6.07, 6.45) is 13.1. The minimum atomic E-state index is -5.77. The fraction of sp³-hybridized carbons (Fsp3) is 0.317. The molecule has 2 aliphatic rings. The van der Waals surface area contributed by atoms with Gasteiger partial charge >= 0.3 is 279 Å². The second-order valence-electron chi connectivity index (χ2n) is 14.4. The molecule has 0 N–H and O–H groups in total. The number of allylic oxidation sites excluding steroid dienone is 2. The van der Waals surface area contributed by atoms with Gasteiger partial charge in [0.15, 0.2) is 0 Å². The van der Waals surface area contributed by atoms with E-state index >= 15 is 0 Å². The van der Waals surface area contributed by atoms with Crippen molar-refractivity contribution in [1.82, 2.24) is 0 Å². The fourth-order valence-corrected chi connectivity index (χ4v) is 52.2. The van der Waals surface area contributed by atoms with Gasteiger partial charge in [-0.1, -0.05) is 0 Å². The third-order valence-corrected chi connectivity index (χ3v) is 78.7. The number of halogens is 2. The molecule has 0 saturated heterocycles. The van der Waals surface area contributed by atoms with Crippen molar-refractivity contribution >= 4 is 38.4 Å². The molecule has 45 heavy (non-hydrogen) atoms. The molecular formula is C41H48Cl2SiZr. The van der Waals surface area contributed by atoms with E-state index in [0.29, 0.717) is 5.92 Å². The molecular weight excluding hydrogens is 683 g/mol. The zero-order valence-corrected chi connectivity index (χ0v) is 32.7. The molecule has 2 unspecified atom stereocenters. The first-order valence-electron chi connectivity index (χ1n) is 17.1. The maximum atomic E-state index is 9.11. The van der Waals surface area contributed by atoms with E-state index in [1.807, 2.05) is 0 Å². The number of hydrogen-bond donors (Lipinski definition) is 0. The molecule has 0 fully saturated rings. The fourth-order valence-electron chi connectivity index (χ4n) is 8.82. The zero-order valence-electron chi connectivity index (χ0n) is 27.6. The van der Waals surface area contributed by atoms with Crippen molar-refractivity contribution in [1.29, 1.82) is 0 Å². The van der Waals surface area contributed by atoms with Crippen molar-refractivity contribution in [2.24, 2.45) is 0 Å². The summed E-state index contributed by atoms with van der Waals surface area (Å²) < 4.78 is 1.21. The van der Waals surface area contributed by atoms with Gasteiger partial charge < -0.3 is 0 Å². The molecule has 4 heteroatoms. The van der Waals surface area contributed by atoms with Crippen molar-refractivity contribution in [3.63, 3.8) is 0 Å². The van der Waals surface area contributed by atoms with Gasteiger partial charge in [-0.2, -0.15) is 0 Å². The Bertz CT molecular complexity index is 1770. The van der Waals surface area contributed by atoms with E-state index in [-0.39, 0.29) is 7.25 Å². The quantitative estimate of drug-likeness (QED) is 0.106. The molecule has 234 valence electrons. The molecule has 0 bridgehead atoms. The predicted molar refractivity (Wildman–Crippen MR) is 200 cm³/mol. The summed E-state index contributed by atoms with van der Waals surface area (Å²) in [6, 6.07) is 36.0. The summed E-state index contributed by atoms with van der Waals surface area (Å²) in [5.74, 6) is -1.35. The first kappa shape index (κ1) is 33.0. The van der Waals surface area contributed by atoms with E-state index in [4.69, 9.17) is 17.0 Å². The topological polar surface area (TPSA) is 0 Å². The average Bonchev–Trinajstić information content (AvgIpc) is 3.67. The van der Waals surface area contributed by atoms with Gasteiger partial charge in [0.25, 0.3) is 0 Å². The van der Waals surface area contributed by atoms with Crippen LogP contribution in [0.3, 0.4) is 0 Å². The minimum absolute atomic E-state index is 0.00378. The molecule has 0 aromatic heterocycles. The molecule has 6 rings (SSSR count). The van der Waals surface area contributed by atoms with E-state index in [2.05, 4.69) is 149 Å². The summed E-state index contributed by atoms with van der Waals surface area (Å²) in [7, 11) is 18.2. The average molecular weight is 731 g/mol. The van der Waals surface area contributed by atoms with Crippen LogP contribution in [0.25, 0.3) is 23.3 Å². The monoisotopic (exact) mass is 728 g/mol. The predicted octanol–water partition coefficient (Wildman–Crippen LogP) is 12.5. The molecule has 0 radical (unpaired) electrons. The third kappa shape index (κ3) is 5.01. The molecule has 0 saturated carbocycles. The molecule has 2 atom stereocenters. The van der Waals surface area contributed by atoms with Gasteiger partial charge in [-0.25, -0.2) is 0 Å². The maximum absolute atomic E-state index is 9.11. The number of fused-ring (bicyclic) bond motifs is 2. The van der Waals surface area contributed by atoms with Crippen LogP contribution in [0.15, 0.2) is 109 Å². The van der Waals surface area contributed by atoms with Crippen molar-refractivity contribution in [3.05, 3.63) is 137 Å². The third-order valence-electron chi connectivity index (χ3n) is 11.5. The van der Waals surface area contributed by atoms with Crippen LogP contribution in [0.1, 0.15) is 93.9 Å². The van der Waals surface area contributed by atoms with Crippen molar-refractivity contribution in [3.8, 4) is 11.1 Å². The van der Waals surface area contributed by atoms with Gasteiger partial charge in [0.1, 0.15) is 0 Å². The molecule has 0 aliphatic heterocycles. The molecule has 0 heterocycles. The van der Waals surface area contributed by atoms with Gasteiger partial charge in [0, 0.05) is 0 Å².